The van der Waals surface area contributed by atoms with Crippen LogP contribution in [0.15, 0.2) is 67.0 Å². The highest BCUT2D eigenvalue weighted by Crippen LogP contribution is 2.32. The number of carbonyl (C=O) groups is 3. The van der Waals surface area contributed by atoms with E-state index in [0.717, 1.165) is 5.56 Å². The Balaban J connectivity index is 1.36. The lowest BCUT2D eigenvalue weighted by molar-refractivity contribution is -0.139. The molecule has 5 rings (SSSR count). The molecular formula is C24H22N6O3. The molecule has 0 bridgehead atoms. The molecule has 166 valence electrons. The van der Waals surface area contributed by atoms with E-state index in [1.165, 1.54) is 5.01 Å². The van der Waals surface area contributed by atoms with Crippen LogP contribution in [0.2, 0.25) is 0 Å². The van der Waals surface area contributed by atoms with Crippen LogP contribution in [0.4, 0.5) is 11.4 Å². The molecule has 2 unspecified atom stereocenters. The van der Waals surface area contributed by atoms with Crippen molar-refractivity contribution in [2.75, 3.05) is 10.3 Å². The first-order valence-electron chi connectivity index (χ1n) is 10.7. The number of allylic oxidation sites excluding steroid dienone is 2. The summed E-state index contributed by atoms with van der Waals surface area (Å²) in [6, 6.07) is 14.0. The topological polar surface area (TPSA) is 109 Å². The number of amides is 3. The molecule has 3 amide bonds. The third-order valence-electron chi connectivity index (χ3n) is 5.99. The minimum Gasteiger partial charge on any atom is -0.322 e. The number of rotatable bonds is 4. The van der Waals surface area contributed by atoms with Gasteiger partial charge in [0.05, 0.1) is 17.5 Å². The smallest absolute Gasteiger partial charge is 0.255 e. The minimum absolute atomic E-state index is 0.169. The molecule has 0 radical (unpaired) electrons. The molecule has 1 aliphatic carbocycles. The Morgan fingerprint density at radius 1 is 1.06 bits per heavy atom. The number of hydrogen-bond acceptors (Lipinski definition) is 5. The molecule has 1 aromatic heterocycles. The van der Waals surface area contributed by atoms with Gasteiger partial charge in [-0.15, -0.1) is 10.2 Å². The molecule has 1 saturated heterocycles. The lowest BCUT2D eigenvalue weighted by Crippen LogP contribution is -2.59. The highest BCUT2D eigenvalue weighted by atomic mass is 16.2. The van der Waals surface area contributed by atoms with Crippen molar-refractivity contribution in [2.24, 2.45) is 18.9 Å². The van der Waals surface area contributed by atoms with Crippen molar-refractivity contribution in [3.8, 4) is 11.4 Å². The Hall–Kier alpha value is -4.27. The number of aryl methyl sites for hydroxylation is 1. The second kappa shape index (κ2) is 8.34. The van der Waals surface area contributed by atoms with Crippen LogP contribution in [-0.2, 0) is 16.6 Å². The van der Waals surface area contributed by atoms with E-state index in [1.54, 1.807) is 41.2 Å². The molecule has 2 N–H and O–H groups in total. The summed E-state index contributed by atoms with van der Waals surface area (Å²) in [6.07, 6.45) is 6.59. The van der Waals surface area contributed by atoms with E-state index in [9.17, 15) is 14.4 Å². The van der Waals surface area contributed by atoms with Gasteiger partial charge < -0.3 is 9.88 Å². The predicted molar refractivity (Wildman–Crippen MR) is 122 cm³/mol. The maximum absolute atomic E-state index is 13.0. The van der Waals surface area contributed by atoms with E-state index >= 15 is 0 Å². The van der Waals surface area contributed by atoms with Crippen molar-refractivity contribution in [1.29, 1.82) is 0 Å². The summed E-state index contributed by atoms with van der Waals surface area (Å²) in [5.74, 6) is -0.724. The van der Waals surface area contributed by atoms with Crippen LogP contribution in [0.1, 0.15) is 23.2 Å². The van der Waals surface area contributed by atoms with E-state index in [2.05, 4.69) is 20.9 Å². The first kappa shape index (κ1) is 20.6. The van der Waals surface area contributed by atoms with E-state index in [-0.39, 0.29) is 29.6 Å². The molecule has 9 nitrogen and oxygen atoms in total. The molecule has 33 heavy (non-hydrogen) atoms. The Morgan fingerprint density at radius 3 is 2.64 bits per heavy atom. The zero-order valence-corrected chi connectivity index (χ0v) is 17.9. The van der Waals surface area contributed by atoms with Gasteiger partial charge in [0.15, 0.2) is 5.82 Å². The van der Waals surface area contributed by atoms with Gasteiger partial charge in [-0.3, -0.25) is 19.8 Å². The maximum Gasteiger partial charge on any atom is 0.255 e. The quantitative estimate of drug-likeness (QED) is 0.604. The van der Waals surface area contributed by atoms with Crippen LogP contribution < -0.4 is 15.8 Å². The van der Waals surface area contributed by atoms with E-state index in [4.69, 9.17) is 0 Å². The van der Waals surface area contributed by atoms with Gasteiger partial charge in [-0.25, -0.2) is 5.01 Å². The number of hydrazine groups is 1. The fraction of sp³-hybridized carbons (Fsp3) is 0.208. The Labute approximate surface area is 190 Å². The number of nitrogens with zero attached hydrogens (tertiary/aromatic N) is 4. The van der Waals surface area contributed by atoms with Crippen LogP contribution >= 0.6 is 0 Å². The SMILES string of the molecule is Cn1cnnc1-c1cccc(NC(=O)c2cccc(N3NC(=O)C4CC=CCC4C3=O)c2)c1. The monoisotopic (exact) mass is 442 g/mol. The molecule has 1 aliphatic heterocycles. The van der Waals surface area contributed by atoms with Crippen LogP contribution in [-0.4, -0.2) is 32.5 Å². The van der Waals surface area contributed by atoms with Crippen molar-refractivity contribution >= 4 is 29.1 Å². The number of nitrogens with one attached hydrogen (secondary N) is 2. The zero-order valence-electron chi connectivity index (χ0n) is 17.9. The average Bonchev–Trinajstić information content (AvgIpc) is 3.27. The van der Waals surface area contributed by atoms with Gasteiger partial charge in [-0.2, -0.15) is 0 Å². The molecular weight excluding hydrogens is 420 g/mol. The molecule has 2 atom stereocenters. The van der Waals surface area contributed by atoms with Gasteiger partial charge in [0.25, 0.3) is 5.91 Å². The van der Waals surface area contributed by atoms with Crippen LogP contribution in [0.3, 0.4) is 0 Å². The van der Waals surface area contributed by atoms with Crippen molar-refractivity contribution in [3.05, 3.63) is 72.6 Å². The van der Waals surface area contributed by atoms with Crippen molar-refractivity contribution in [2.45, 2.75) is 12.8 Å². The van der Waals surface area contributed by atoms with Crippen LogP contribution in [0.5, 0.6) is 0 Å². The lowest BCUT2D eigenvalue weighted by atomic mass is 9.80. The number of benzene rings is 2. The molecule has 1 fully saturated rings. The summed E-state index contributed by atoms with van der Waals surface area (Å²) >= 11 is 0. The summed E-state index contributed by atoms with van der Waals surface area (Å²) in [7, 11) is 1.85. The molecule has 2 aromatic carbocycles. The predicted octanol–water partition coefficient (Wildman–Crippen LogP) is 2.69. The summed E-state index contributed by atoms with van der Waals surface area (Å²) in [6.45, 7) is 0. The van der Waals surface area contributed by atoms with Gasteiger partial charge in [0.2, 0.25) is 11.8 Å². The standard InChI is InChI=1S/C24H22N6O3/c1-29-14-25-27-21(29)15-6-4-8-17(12-15)26-22(31)16-7-5-9-18(13-16)30-24(33)20-11-3-2-10-19(20)23(32)28-30/h2-9,12-14,19-20H,10-11H2,1H3,(H,26,31)(H,28,32). The normalized spacial score (nSPS) is 19.7. The number of hydrogen-bond donors (Lipinski definition) is 2. The first-order chi connectivity index (χ1) is 16.0. The van der Waals surface area contributed by atoms with Gasteiger partial charge in [0, 0.05) is 23.9 Å². The Bertz CT molecular complexity index is 1280. The van der Waals surface area contributed by atoms with E-state index in [1.807, 2.05) is 37.4 Å². The summed E-state index contributed by atoms with van der Waals surface area (Å²) in [5, 5.41) is 12.1. The largest absolute Gasteiger partial charge is 0.322 e. The second-order valence-electron chi connectivity index (χ2n) is 8.16. The molecule has 9 heteroatoms. The second-order valence-corrected chi connectivity index (χ2v) is 8.16. The molecule has 2 heterocycles. The fourth-order valence-electron chi connectivity index (χ4n) is 4.25. The zero-order chi connectivity index (χ0) is 22.9. The molecule has 2 aliphatic rings. The summed E-state index contributed by atoms with van der Waals surface area (Å²) in [5.41, 5.74) is 4.92. The Kier molecular flexibility index (Phi) is 5.21. The molecule has 0 saturated carbocycles. The maximum atomic E-state index is 13.0. The van der Waals surface area contributed by atoms with Crippen molar-refractivity contribution in [1.82, 2.24) is 20.2 Å². The van der Waals surface area contributed by atoms with Crippen LogP contribution in [0.25, 0.3) is 11.4 Å². The number of anilines is 2. The first-order valence-corrected chi connectivity index (χ1v) is 10.7. The van der Waals surface area contributed by atoms with Gasteiger partial charge >= 0.3 is 0 Å². The van der Waals surface area contributed by atoms with E-state index < -0.39 is 0 Å². The molecule has 0 spiro atoms. The van der Waals surface area contributed by atoms with Crippen molar-refractivity contribution < 1.29 is 14.4 Å². The van der Waals surface area contributed by atoms with Gasteiger partial charge in [-0.05, 0) is 43.2 Å². The number of aromatic nitrogens is 3. The fourth-order valence-corrected chi connectivity index (χ4v) is 4.25. The highest BCUT2D eigenvalue weighted by molar-refractivity contribution is 6.07. The number of fused-ring (bicyclic) bond motifs is 1. The average molecular weight is 442 g/mol. The minimum atomic E-state index is -0.385. The molecule has 3 aromatic rings. The lowest BCUT2D eigenvalue weighted by Gasteiger charge is -2.38. The van der Waals surface area contributed by atoms with Crippen molar-refractivity contribution in [3.63, 3.8) is 0 Å². The van der Waals surface area contributed by atoms with Gasteiger partial charge in [-0.1, -0.05) is 30.4 Å². The van der Waals surface area contributed by atoms with Crippen LogP contribution in [0, 0.1) is 11.8 Å². The summed E-state index contributed by atoms with van der Waals surface area (Å²) in [4.78, 5) is 38.5. The third kappa shape index (κ3) is 3.89. The van der Waals surface area contributed by atoms with E-state index in [0.29, 0.717) is 35.6 Å². The van der Waals surface area contributed by atoms with Gasteiger partial charge in [0.1, 0.15) is 6.33 Å². The third-order valence-corrected chi connectivity index (χ3v) is 5.99. The number of carbonyl (C=O) groups excluding carboxylic acids is 3. The summed E-state index contributed by atoms with van der Waals surface area (Å²) < 4.78 is 1.79. The Morgan fingerprint density at radius 2 is 1.85 bits per heavy atom. The highest BCUT2D eigenvalue weighted by Gasteiger charge is 2.42.